The lowest BCUT2D eigenvalue weighted by Crippen LogP contribution is -2.35. The van der Waals surface area contributed by atoms with Crippen LogP contribution >= 0.6 is 11.6 Å². The first-order chi connectivity index (χ1) is 9.06. The molecule has 0 spiro atoms. The van der Waals surface area contributed by atoms with Crippen molar-refractivity contribution in [2.75, 3.05) is 0 Å². The molecule has 0 unspecified atom stereocenters. The van der Waals surface area contributed by atoms with Gasteiger partial charge in [-0.1, -0.05) is 37.6 Å². The zero-order chi connectivity index (χ0) is 13.8. The smallest absolute Gasteiger partial charge is 0.0409 e. The van der Waals surface area contributed by atoms with Crippen molar-refractivity contribution in [3.63, 3.8) is 0 Å². The van der Waals surface area contributed by atoms with Crippen LogP contribution < -0.4 is 5.32 Å². The Kier molecular flexibility index (Phi) is 5.29. The normalized spacial score (nSPS) is 25.5. The van der Waals surface area contributed by atoms with Gasteiger partial charge in [-0.2, -0.15) is 0 Å². The van der Waals surface area contributed by atoms with E-state index in [0.717, 1.165) is 16.9 Å². The Morgan fingerprint density at radius 2 is 1.79 bits per heavy atom. The van der Waals surface area contributed by atoms with Crippen LogP contribution in [-0.4, -0.2) is 6.04 Å². The average Bonchev–Trinajstić information content (AvgIpc) is 2.39. The molecule has 0 aromatic heterocycles. The minimum atomic E-state index is 0.388. The lowest BCUT2D eigenvalue weighted by Gasteiger charge is -2.33. The molecular weight excluding hydrogens is 254 g/mol. The van der Waals surface area contributed by atoms with Gasteiger partial charge in [-0.3, -0.25) is 0 Å². The van der Waals surface area contributed by atoms with Crippen molar-refractivity contribution in [3.8, 4) is 0 Å². The van der Waals surface area contributed by atoms with E-state index < -0.39 is 0 Å². The second-order valence-corrected chi connectivity index (χ2v) is 6.74. The van der Waals surface area contributed by atoms with Crippen molar-refractivity contribution in [3.05, 3.63) is 34.9 Å². The van der Waals surface area contributed by atoms with Crippen molar-refractivity contribution in [2.45, 2.75) is 58.5 Å². The van der Waals surface area contributed by atoms with E-state index in [0.29, 0.717) is 12.1 Å². The molecule has 106 valence electrons. The highest BCUT2D eigenvalue weighted by Crippen LogP contribution is 2.31. The van der Waals surface area contributed by atoms with Crippen molar-refractivity contribution in [1.29, 1.82) is 0 Å². The Balaban J connectivity index is 1.85. The molecule has 2 heteroatoms. The summed E-state index contributed by atoms with van der Waals surface area (Å²) in [7, 11) is 0. The summed E-state index contributed by atoms with van der Waals surface area (Å²) in [6.07, 6.45) is 5.37. The first-order valence-electron chi connectivity index (χ1n) is 7.57. The summed E-state index contributed by atoms with van der Waals surface area (Å²) in [6.45, 7) is 6.94. The Morgan fingerprint density at radius 3 is 2.37 bits per heavy atom. The van der Waals surface area contributed by atoms with Crippen LogP contribution in [0.3, 0.4) is 0 Å². The highest BCUT2D eigenvalue weighted by atomic mass is 35.5. The quantitative estimate of drug-likeness (QED) is 0.798. The van der Waals surface area contributed by atoms with Gasteiger partial charge < -0.3 is 5.32 Å². The van der Waals surface area contributed by atoms with Gasteiger partial charge in [-0.15, -0.1) is 0 Å². The molecule has 0 saturated heterocycles. The second kappa shape index (κ2) is 6.76. The fraction of sp³-hybridized carbons (Fsp3) is 0.647. The highest BCUT2D eigenvalue weighted by molar-refractivity contribution is 6.30. The molecule has 1 N–H and O–H groups in total. The monoisotopic (exact) mass is 279 g/mol. The predicted octanol–water partition coefficient (Wildman–Crippen LogP) is 5.21. The molecule has 0 amide bonds. The fourth-order valence-corrected chi connectivity index (χ4v) is 3.38. The molecule has 1 atom stereocenters. The number of halogens is 1. The molecule has 19 heavy (non-hydrogen) atoms. The molecule has 1 aliphatic carbocycles. The van der Waals surface area contributed by atoms with E-state index in [1.54, 1.807) is 0 Å². The topological polar surface area (TPSA) is 12.0 Å². The first-order valence-corrected chi connectivity index (χ1v) is 7.95. The number of hydrogen-bond donors (Lipinski definition) is 1. The number of rotatable bonds is 4. The molecule has 0 bridgehead atoms. The summed E-state index contributed by atoms with van der Waals surface area (Å²) in [5, 5.41) is 4.59. The number of nitrogens with one attached hydrogen (secondary N) is 1. The number of benzene rings is 1. The Hall–Kier alpha value is -0.530. The van der Waals surface area contributed by atoms with Gasteiger partial charge in [0, 0.05) is 17.1 Å². The Bertz CT molecular complexity index is 394. The fourth-order valence-electron chi connectivity index (χ4n) is 3.18. The van der Waals surface area contributed by atoms with E-state index in [-0.39, 0.29) is 0 Å². The van der Waals surface area contributed by atoms with Crippen LogP contribution in [0.5, 0.6) is 0 Å². The molecule has 1 saturated carbocycles. The molecule has 1 fully saturated rings. The summed E-state index contributed by atoms with van der Waals surface area (Å²) in [5.41, 5.74) is 1.29. The lowest BCUT2D eigenvalue weighted by molar-refractivity contribution is 0.231. The van der Waals surface area contributed by atoms with Gasteiger partial charge >= 0.3 is 0 Å². The predicted molar refractivity (Wildman–Crippen MR) is 83.6 cm³/mol. The van der Waals surface area contributed by atoms with Gasteiger partial charge in [0.2, 0.25) is 0 Å². The van der Waals surface area contributed by atoms with Crippen LogP contribution in [0.1, 0.15) is 58.1 Å². The van der Waals surface area contributed by atoms with Crippen LogP contribution in [0.4, 0.5) is 0 Å². The molecule has 0 radical (unpaired) electrons. The third kappa shape index (κ3) is 4.22. The lowest BCUT2D eigenvalue weighted by atomic mass is 9.79. The van der Waals surface area contributed by atoms with E-state index in [9.17, 15) is 0 Å². The van der Waals surface area contributed by atoms with Gasteiger partial charge in [0.25, 0.3) is 0 Å². The average molecular weight is 280 g/mol. The van der Waals surface area contributed by atoms with E-state index in [1.165, 1.54) is 31.2 Å². The van der Waals surface area contributed by atoms with Crippen LogP contribution in [0.15, 0.2) is 24.3 Å². The summed E-state index contributed by atoms with van der Waals surface area (Å²) >= 11 is 6.06. The molecular formula is C17H26ClN. The first kappa shape index (κ1) is 14.9. The zero-order valence-electron chi connectivity index (χ0n) is 12.3. The third-order valence-electron chi connectivity index (χ3n) is 4.55. The van der Waals surface area contributed by atoms with Gasteiger partial charge in [0.1, 0.15) is 0 Å². The van der Waals surface area contributed by atoms with Crippen LogP contribution in [0, 0.1) is 11.8 Å². The van der Waals surface area contributed by atoms with Gasteiger partial charge in [-0.25, -0.2) is 0 Å². The Morgan fingerprint density at radius 1 is 1.11 bits per heavy atom. The van der Waals surface area contributed by atoms with E-state index in [2.05, 4.69) is 38.2 Å². The van der Waals surface area contributed by atoms with Gasteiger partial charge in [0.05, 0.1) is 0 Å². The zero-order valence-corrected chi connectivity index (χ0v) is 13.1. The molecule has 1 nitrogen and oxygen atoms in total. The Labute approximate surface area is 122 Å². The summed E-state index contributed by atoms with van der Waals surface area (Å²) in [5.74, 6) is 1.77. The molecule has 0 aliphatic heterocycles. The molecule has 1 aliphatic rings. The minimum Gasteiger partial charge on any atom is -0.307 e. The second-order valence-electron chi connectivity index (χ2n) is 6.30. The molecule has 0 heterocycles. The minimum absolute atomic E-state index is 0.388. The van der Waals surface area contributed by atoms with Crippen molar-refractivity contribution in [1.82, 2.24) is 5.32 Å². The maximum absolute atomic E-state index is 6.06. The maximum atomic E-state index is 6.06. The van der Waals surface area contributed by atoms with E-state index >= 15 is 0 Å². The molecule has 1 aromatic rings. The van der Waals surface area contributed by atoms with Gasteiger partial charge in [-0.05, 0) is 62.1 Å². The third-order valence-corrected chi connectivity index (χ3v) is 4.78. The van der Waals surface area contributed by atoms with E-state index in [1.807, 2.05) is 12.1 Å². The number of hydrogen-bond acceptors (Lipinski definition) is 1. The van der Waals surface area contributed by atoms with Crippen molar-refractivity contribution >= 4 is 11.6 Å². The van der Waals surface area contributed by atoms with Crippen LogP contribution in [0.2, 0.25) is 5.02 Å². The maximum Gasteiger partial charge on any atom is 0.0409 e. The standard InChI is InChI=1S/C17H26ClN/c1-12(2)14-7-9-17(10-8-14)19-13(3)15-5-4-6-16(18)11-15/h4-6,11-14,17,19H,7-10H2,1-3H3/t13-,14?,17?/m0/s1. The van der Waals surface area contributed by atoms with E-state index in [4.69, 9.17) is 11.6 Å². The van der Waals surface area contributed by atoms with Crippen molar-refractivity contribution < 1.29 is 0 Å². The highest BCUT2D eigenvalue weighted by Gasteiger charge is 2.24. The summed E-state index contributed by atoms with van der Waals surface area (Å²) < 4.78 is 0. The summed E-state index contributed by atoms with van der Waals surface area (Å²) in [6, 6.07) is 9.25. The largest absolute Gasteiger partial charge is 0.307 e. The van der Waals surface area contributed by atoms with Crippen LogP contribution in [0.25, 0.3) is 0 Å². The molecule has 2 rings (SSSR count). The van der Waals surface area contributed by atoms with Crippen molar-refractivity contribution in [2.24, 2.45) is 11.8 Å². The summed E-state index contributed by atoms with van der Waals surface area (Å²) in [4.78, 5) is 0. The van der Waals surface area contributed by atoms with Crippen LogP contribution in [-0.2, 0) is 0 Å². The van der Waals surface area contributed by atoms with Gasteiger partial charge in [0.15, 0.2) is 0 Å². The molecule has 1 aromatic carbocycles. The SMILES string of the molecule is CC(C)C1CCC(N[C@@H](C)c2cccc(Cl)c2)CC1.